The molecule has 1 aromatic heterocycles. The van der Waals surface area contributed by atoms with Crippen LogP contribution in [0.1, 0.15) is 26.5 Å². The Morgan fingerprint density at radius 3 is 2.39 bits per heavy atom. The van der Waals surface area contributed by atoms with E-state index in [4.69, 9.17) is 16.0 Å². The molecule has 4 nitrogen and oxygen atoms in total. The summed E-state index contributed by atoms with van der Waals surface area (Å²) in [6.45, 7) is 0. The normalized spacial score (nSPS) is 10.8. The Hall–Kier alpha value is -2.89. The number of hydrogen-bond donors (Lipinski definition) is 1. The molecular formula is C22H13BrClNO3. The standard InChI is InChI=1S/C22H13BrClNO3/c23-15-10-8-13(9-11-15)20(26)21-19(17-6-1-2-7-18(17)28-21)25-22(27)14-4-3-5-16(24)12-14/h1-12H,(H,25,27). The van der Waals surface area contributed by atoms with Crippen LogP contribution in [-0.4, -0.2) is 11.7 Å². The third kappa shape index (κ3) is 3.59. The second-order valence-corrected chi connectivity index (χ2v) is 7.45. The van der Waals surface area contributed by atoms with Gasteiger partial charge in [-0.3, -0.25) is 9.59 Å². The van der Waals surface area contributed by atoms with Gasteiger partial charge in [0.2, 0.25) is 5.78 Å². The molecule has 0 bridgehead atoms. The van der Waals surface area contributed by atoms with Crippen LogP contribution in [0.4, 0.5) is 5.69 Å². The van der Waals surface area contributed by atoms with Gasteiger partial charge in [-0.2, -0.15) is 0 Å². The number of ketones is 1. The number of halogens is 2. The first kappa shape index (κ1) is 18.5. The number of rotatable bonds is 4. The topological polar surface area (TPSA) is 59.3 Å². The van der Waals surface area contributed by atoms with E-state index in [0.717, 1.165) is 4.47 Å². The lowest BCUT2D eigenvalue weighted by atomic mass is 10.1. The van der Waals surface area contributed by atoms with Crippen molar-refractivity contribution >= 4 is 55.9 Å². The Labute approximate surface area is 174 Å². The summed E-state index contributed by atoms with van der Waals surface area (Å²) in [6.07, 6.45) is 0. The molecule has 4 rings (SSSR count). The first-order valence-electron chi connectivity index (χ1n) is 8.41. The summed E-state index contributed by atoms with van der Waals surface area (Å²) < 4.78 is 6.67. The molecule has 0 aliphatic heterocycles. The molecule has 0 unspecified atom stereocenters. The number of nitrogens with one attached hydrogen (secondary N) is 1. The summed E-state index contributed by atoms with van der Waals surface area (Å²) in [5.74, 6) is -0.608. The molecule has 28 heavy (non-hydrogen) atoms. The van der Waals surface area contributed by atoms with Crippen molar-refractivity contribution in [3.8, 4) is 0 Å². The summed E-state index contributed by atoms with van der Waals surface area (Å²) in [6, 6.07) is 20.7. The summed E-state index contributed by atoms with van der Waals surface area (Å²) in [7, 11) is 0. The molecule has 1 heterocycles. The van der Waals surface area contributed by atoms with E-state index in [9.17, 15) is 9.59 Å². The Morgan fingerprint density at radius 1 is 0.893 bits per heavy atom. The minimum Gasteiger partial charge on any atom is -0.450 e. The molecule has 1 N–H and O–H groups in total. The third-order valence-corrected chi connectivity index (χ3v) is 5.00. The van der Waals surface area contributed by atoms with E-state index in [2.05, 4.69) is 21.2 Å². The Bertz CT molecular complexity index is 1200. The van der Waals surface area contributed by atoms with Crippen LogP contribution in [0.5, 0.6) is 0 Å². The monoisotopic (exact) mass is 453 g/mol. The zero-order valence-corrected chi connectivity index (χ0v) is 16.8. The predicted molar refractivity (Wildman–Crippen MR) is 113 cm³/mol. The second-order valence-electron chi connectivity index (χ2n) is 6.10. The van der Waals surface area contributed by atoms with Gasteiger partial charge in [-0.25, -0.2) is 0 Å². The highest BCUT2D eigenvalue weighted by Crippen LogP contribution is 2.33. The fourth-order valence-electron chi connectivity index (χ4n) is 2.88. The van der Waals surface area contributed by atoms with Crippen molar-refractivity contribution in [2.45, 2.75) is 0 Å². The van der Waals surface area contributed by atoms with E-state index in [0.29, 0.717) is 32.8 Å². The average molecular weight is 455 g/mol. The maximum absolute atomic E-state index is 13.0. The van der Waals surface area contributed by atoms with Gasteiger partial charge in [-0.1, -0.05) is 45.7 Å². The molecule has 1 amide bonds. The van der Waals surface area contributed by atoms with E-state index in [1.807, 2.05) is 12.1 Å². The van der Waals surface area contributed by atoms with Gasteiger partial charge in [0.15, 0.2) is 5.76 Å². The summed E-state index contributed by atoms with van der Waals surface area (Å²) in [5.41, 5.74) is 1.71. The lowest BCUT2D eigenvalue weighted by Crippen LogP contribution is -2.14. The Balaban J connectivity index is 1.78. The van der Waals surface area contributed by atoms with Gasteiger partial charge in [-0.15, -0.1) is 0 Å². The maximum Gasteiger partial charge on any atom is 0.255 e. The molecule has 138 valence electrons. The smallest absolute Gasteiger partial charge is 0.255 e. The molecule has 0 aliphatic rings. The zero-order chi connectivity index (χ0) is 19.7. The highest BCUT2D eigenvalue weighted by atomic mass is 79.9. The number of furan rings is 1. The van der Waals surface area contributed by atoms with Crippen LogP contribution in [-0.2, 0) is 0 Å². The fourth-order valence-corrected chi connectivity index (χ4v) is 3.33. The molecule has 0 fully saturated rings. The van der Waals surface area contributed by atoms with E-state index in [1.165, 1.54) is 0 Å². The number of para-hydroxylation sites is 1. The van der Waals surface area contributed by atoms with E-state index >= 15 is 0 Å². The average Bonchev–Trinajstić information content (AvgIpc) is 3.06. The largest absolute Gasteiger partial charge is 0.450 e. The lowest BCUT2D eigenvalue weighted by Gasteiger charge is -2.07. The molecule has 6 heteroatoms. The van der Waals surface area contributed by atoms with Gasteiger partial charge in [0, 0.05) is 26.0 Å². The van der Waals surface area contributed by atoms with Gasteiger partial charge >= 0.3 is 0 Å². The summed E-state index contributed by atoms with van der Waals surface area (Å²) in [4.78, 5) is 25.8. The molecule has 0 spiro atoms. The zero-order valence-electron chi connectivity index (χ0n) is 14.4. The molecule has 0 aliphatic carbocycles. The fraction of sp³-hybridized carbons (Fsp3) is 0. The van der Waals surface area contributed by atoms with Crippen LogP contribution >= 0.6 is 27.5 Å². The van der Waals surface area contributed by atoms with Crippen molar-refractivity contribution in [3.05, 3.63) is 99.2 Å². The van der Waals surface area contributed by atoms with Crippen molar-refractivity contribution in [2.24, 2.45) is 0 Å². The number of carbonyl (C=O) groups is 2. The highest BCUT2D eigenvalue weighted by molar-refractivity contribution is 9.10. The quantitative estimate of drug-likeness (QED) is 0.366. The van der Waals surface area contributed by atoms with Gasteiger partial charge in [0.1, 0.15) is 5.58 Å². The van der Waals surface area contributed by atoms with Crippen molar-refractivity contribution in [1.82, 2.24) is 0 Å². The Kier molecular flexibility index (Phi) is 5.03. The number of benzene rings is 3. The molecule has 3 aromatic carbocycles. The van der Waals surface area contributed by atoms with Crippen molar-refractivity contribution in [3.63, 3.8) is 0 Å². The van der Waals surface area contributed by atoms with Crippen molar-refractivity contribution in [2.75, 3.05) is 5.32 Å². The predicted octanol–water partition coefficient (Wildman–Crippen LogP) is 6.33. The van der Waals surface area contributed by atoms with E-state index in [-0.39, 0.29) is 17.5 Å². The van der Waals surface area contributed by atoms with Gasteiger partial charge in [-0.05, 0) is 54.6 Å². The van der Waals surface area contributed by atoms with Crippen LogP contribution in [0, 0.1) is 0 Å². The molecule has 0 atom stereocenters. The minimum atomic E-state index is -0.376. The SMILES string of the molecule is O=C(Nc1c(C(=O)c2ccc(Br)cc2)oc2ccccc12)c1cccc(Cl)c1. The number of amides is 1. The Morgan fingerprint density at radius 2 is 1.64 bits per heavy atom. The molecular weight excluding hydrogens is 442 g/mol. The van der Waals surface area contributed by atoms with E-state index < -0.39 is 0 Å². The number of hydrogen-bond acceptors (Lipinski definition) is 3. The van der Waals surface area contributed by atoms with Crippen LogP contribution < -0.4 is 5.32 Å². The van der Waals surface area contributed by atoms with Crippen molar-refractivity contribution < 1.29 is 14.0 Å². The highest BCUT2D eigenvalue weighted by Gasteiger charge is 2.23. The van der Waals surface area contributed by atoms with Crippen LogP contribution in [0.3, 0.4) is 0 Å². The molecule has 0 saturated carbocycles. The summed E-state index contributed by atoms with van der Waals surface area (Å²) >= 11 is 9.34. The molecule has 0 radical (unpaired) electrons. The first-order chi connectivity index (χ1) is 13.5. The number of fused-ring (bicyclic) bond motifs is 1. The van der Waals surface area contributed by atoms with Crippen LogP contribution in [0.25, 0.3) is 11.0 Å². The maximum atomic E-state index is 13.0. The summed E-state index contributed by atoms with van der Waals surface area (Å²) in [5, 5.41) is 3.92. The molecule has 4 aromatic rings. The second kappa shape index (κ2) is 7.62. The van der Waals surface area contributed by atoms with Crippen LogP contribution in [0.15, 0.2) is 81.7 Å². The van der Waals surface area contributed by atoms with Gasteiger partial charge in [0.25, 0.3) is 5.91 Å². The molecule has 0 saturated heterocycles. The van der Waals surface area contributed by atoms with E-state index in [1.54, 1.807) is 60.7 Å². The van der Waals surface area contributed by atoms with Crippen LogP contribution in [0.2, 0.25) is 5.02 Å². The first-order valence-corrected chi connectivity index (χ1v) is 9.59. The lowest BCUT2D eigenvalue weighted by molar-refractivity contribution is 0.101. The number of carbonyl (C=O) groups excluding carboxylic acids is 2. The minimum absolute atomic E-state index is 0.0823. The number of anilines is 1. The third-order valence-electron chi connectivity index (χ3n) is 4.23. The van der Waals surface area contributed by atoms with Crippen molar-refractivity contribution in [1.29, 1.82) is 0 Å². The van der Waals surface area contributed by atoms with Gasteiger partial charge < -0.3 is 9.73 Å². The van der Waals surface area contributed by atoms with Gasteiger partial charge in [0.05, 0.1) is 5.69 Å².